The second kappa shape index (κ2) is 4.62. The summed E-state index contributed by atoms with van der Waals surface area (Å²) in [5, 5.41) is 9.37. The molecule has 0 bridgehead atoms. The summed E-state index contributed by atoms with van der Waals surface area (Å²) in [5.74, 6) is 0. The molecule has 1 unspecified atom stereocenters. The summed E-state index contributed by atoms with van der Waals surface area (Å²) in [5.41, 5.74) is 2.53. The molecule has 1 N–H and O–H groups in total. The number of aliphatic hydroxyl groups excluding tert-OH is 1. The molecule has 78 valence electrons. The van der Waals surface area contributed by atoms with Crippen molar-refractivity contribution in [2.24, 2.45) is 0 Å². The second-order valence-electron chi connectivity index (χ2n) is 4.32. The van der Waals surface area contributed by atoms with E-state index in [1.165, 1.54) is 5.56 Å². The van der Waals surface area contributed by atoms with Crippen molar-refractivity contribution in [1.29, 1.82) is 0 Å². The molecule has 0 spiro atoms. The molecule has 1 aromatic carbocycles. The number of hydrogen-bond acceptors (Lipinski definition) is 1. The van der Waals surface area contributed by atoms with E-state index in [-0.39, 0.29) is 11.5 Å². The molecular weight excluding hydrogens is 287 g/mol. The van der Waals surface area contributed by atoms with Crippen LogP contribution in [-0.4, -0.2) is 9.53 Å². The highest BCUT2D eigenvalue weighted by atomic mass is 127. The first-order valence-corrected chi connectivity index (χ1v) is 6.34. The molecule has 0 saturated heterocycles. The molecule has 0 aliphatic rings. The van der Waals surface area contributed by atoms with Gasteiger partial charge in [0.1, 0.15) is 0 Å². The van der Waals surface area contributed by atoms with Crippen molar-refractivity contribution in [3.63, 3.8) is 0 Å². The summed E-state index contributed by atoms with van der Waals surface area (Å²) in [6.07, 6.45) is -0.369. The smallest absolute Gasteiger partial charge is 0.0761 e. The van der Waals surface area contributed by atoms with Crippen molar-refractivity contribution in [1.82, 2.24) is 0 Å². The number of halogens is 1. The Morgan fingerprint density at radius 1 is 1.29 bits per heavy atom. The van der Waals surface area contributed by atoms with Gasteiger partial charge < -0.3 is 5.11 Å². The first-order valence-electron chi connectivity index (χ1n) is 4.82. The summed E-state index contributed by atoms with van der Waals surface area (Å²) in [6, 6.07) is 8.24. The van der Waals surface area contributed by atoms with Crippen LogP contribution in [0.25, 0.3) is 0 Å². The van der Waals surface area contributed by atoms with Crippen molar-refractivity contribution in [2.75, 3.05) is 4.43 Å². The Bertz CT molecular complexity index is 288. The molecule has 0 aliphatic heterocycles. The fraction of sp³-hybridized carbons (Fsp3) is 0.500. The van der Waals surface area contributed by atoms with E-state index in [0.717, 1.165) is 9.99 Å². The van der Waals surface area contributed by atoms with E-state index in [2.05, 4.69) is 48.6 Å². The lowest BCUT2D eigenvalue weighted by Crippen LogP contribution is -2.18. The number of alkyl halides is 1. The van der Waals surface area contributed by atoms with Gasteiger partial charge in [-0.3, -0.25) is 0 Å². The summed E-state index contributed by atoms with van der Waals surface area (Å²) in [7, 11) is 0. The lowest BCUT2D eigenvalue weighted by molar-refractivity contribution is 0.199. The summed E-state index contributed by atoms with van der Waals surface area (Å²) in [4.78, 5) is 0. The molecule has 1 aromatic rings. The highest BCUT2D eigenvalue weighted by Gasteiger charge is 2.18. The number of aliphatic hydroxyl groups is 1. The zero-order valence-electron chi connectivity index (χ0n) is 8.92. The van der Waals surface area contributed by atoms with Gasteiger partial charge in [-0.05, 0) is 23.5 Å². The van der Waals surface area contributed by atoms with Crippen molar-refractivity contribution in [2.45, 2.75) is 32.3 Å². The molecule has 1 atom stereocenters. The third-order valence-electron chi connectivity index (χ3n) is 2.51. The number of hydrogen-bond donors (Lipinski definition) is 1. The lowest BCUT2D eigenvalue weighted by atomic mass is 9.86. The first-order chi connectivity index (χ1) is 6.47. The van der Waals surface area contributed by atoms with Crippen LogP contribution < -0.4 is 0 Å². The van der Waals surface area contributed by atoms with Crippen LogP contribution >= 0.6 is 22.6 Å². The third-order valence-corrected chi connectivity index (χ3v) is 4.42. The van der Waals surface area contributed by atoms with Gasteiger partial charge in [0.2, 0.25) is 0 Å². The van der Waals surface area contributed by atoms with E-state index in [0.29, 0.717) is 0 Å². The minimum Gasteiger partial charge on any atom is -0.389 e. The lowest BCUT2D eigenvalue weighted by Gasteiger charge is -2.22. The number of rotatable bonds is 3. The van der Waals surface area contributed by atoms with Gasteiger partial charge in [0.05, 0.1) is 6.10 Å². The highest BCUT2D eigenvalue weighted by molar-refractivity contribution is 14.1. The van der Waals surface area contributed by atoms with Crippen LogP contribution in [0.15, 0.2) is 24.3 Å². The summed E-state index contributed by atoms with van der Waals surface area (Å²) in [6.45, 7) is 6.26. The van der Waals surface area contributed by atoms with Crippen LogP contribution in [0.3, 0.4) is 0 Å². The monoisotopic (exact) mass is 304 g/mol. The van der Waals surface area contributed by atoms with E-state index in [4.69, 9.17) is 0 Å². The molecule has 14 heavy (non-hydrogen) atoms. The minimum atomic E-state index is -0.369. The molecule has 2 heteroatoms. The number of benzene rings is 1. The van der Waals surface area contributed by atoms with Gasteiger partial charge in [0, 0.05) is 4.43 Å². The zero-order valence-corrected chi connectivity index (χ0v) is 11.1. The van der Waals surface area contributed by atoms with Gasteiger partial charge >= 0.3 is 0 Å². The molecule has 0 aromatic heterocycles. The molecule has 0 saturated carbocycles. The van der Waals surface area contributed by atoms with Crippen LogP contribution in [-0.2, 0) is 5.41 Å². The predicted octanol–water partition coefficient (Wildman–Crippen LogP) is 3.45. The van der Waals surface area contributed by atoms with Crippen LogP contribution in [0, 0.1) is 0 Å². The van der Waals surface area contributed by atoms with E-state index in [1.54, 1.807) is 6.92 Å². The maximum Gasteiger partial charge on any atom is 0.0761 e. The van der Waals surface area contributed by atoms with Crippen molar-refractivity contribution >= 4 is 22.6 Å². The predicted molar refractivity (Wildman–Crippen MR) is 69.0 cm³/mol. The van der Waals surface area contributed by atoms with Crippen LogP contribution in [0.1, 0.15) is 38.0 Å². The van der Waals surface area contributed by atoms with Crippen molar-refractivity contribution in [3.05, 3.63) is 35.4 Å². The molecular formula is C12H17IO. The average Bonchev–Trinajstić information content (AvgIpc) is 2.18. The topological polar surface area (TPSA) is 20.2 Å². The fourth-order valence-corrected chi connectivity index (χ4v) is 1.73. The Morgan fingerprint density at radius 3 is 2.14 bits per heavy atom. The average molecular weight is 304 g/mol. The largest absolute Gasteiger partial charge is 0.389 e. The second-order valence-corrected chi connectivity index (χ2v) is 5.08. The van der Waals surface area contributed by atoms with Gasteiger partial charge in [-0.25, -0.2) is 0 Å². The van der Waals surface area contributed by atoms with Gasteiger partial charge in [-0.15, -0.1) is 0 Å². The zero-order chi connectivity index (χ0) is 10.8. The van der Waals surface area contributed by atoms with E-state index in [9.17, 15) is 5.11 Å². The first kappa shape index (κ1) is 12.0. The van der Waals surface area contributed by atoms with Gasteiger partial charge in [0.25, 0.3) is 0 Å². The highest BCUT2D eigenvalue weighted by Crippen LogP contribution is 2.26. The van der Waals surface area contributed by atoms with E-state index >= 15 is 0 Å². The van der Waals surface area contributed by atoms with Crippen LogP contribution in [0.5, 0.6) is 0 Å². The van der Waals surface area contributed by atoms with Gasteiger partial charge in [-0.2, -0.15) is 0 Å². The molecule has 0 radical (unpaired) electrons. The Hall–Kier alpha value is -0.0900. The maximum atomic E-state index is 9.37. The van der Waals surface area contributed by atoms with Crippen molar-refractivity contribution in [3.8, 4) is 0 Å². The molecule has 1 nitrogen and oxygen atoms in total. The fourth-order valence-electron chi connectivity index (χ4n) is 1.29. The van der Waals surface area contributed by atoms with E-state index < -0.39 is 0 Å². The Labute approximate surface area is 99.7 Å². The maximum absolute atomic E-state index is 9.37. The SMILES string of the molecule is CC(O)c1ccc(C(C)(C)CI)cc1. The molecule has 0 amide bonds. The van der Waals surface area contributed by atoms with Crippen LogP contribution in [0.4, 0.5) is 0 Å². The quantitative estimate of drug-likeness (QED) is 0.670. The molecule has 1 rings (SSSR count). The Balaban J connectivity index is 2.94. The van der Waals surface area contributed by atoms with Gasteiger partial charge in [-0.1, -0.05) is 60.7 Å². The summed E-state index contributed by atoms with van der Waals surface area (Å²) >= 11 is 2.41. The van der Waals surface area contributed by atoms with Gasteiger partial charge in [0.15, 0.2) is 0 Å². The summed E-state index contributed by atoms with van der Waals surface area (Å²) < 4.78 is 1.10. The Kier molecular flexibility index (Phi) is 3.95. The van der Waals surface area contributed by atoms with Crippen molar-refractivity contribution < 1.29 is 5.11 Å². The third kappa shape index (κ3) is 2.70. The normalized spacial score (nSPS) is 14.1. The minimum absolute atomic E-state index is 0.220. The standard InChI is InChI=1S/C12H17IO/c1-9(14)10-4-6-11(7-5-10)12(2,3)8-13/h4-7,9,14H,8H2,1-3H3. The molecule has 0 fully saturated rings. The Morgan fingerprint density at radius 2 is 1.79 bits per heavy atom. The molecule has 0 heterocycles. The molecule has 0 aliphatic carbocycles. The van der Waals surface area contributed by atoms with Crippen LogP contribution in [0.2, 0.25) is 0 Å². The van der Waals surface area contributed by atoms with E-state index in [1.807, 2.05) is 12.1 Å².